The van der Waals surface area contributed by atoms with E-state index in [9.17, 15) is 23.5 Å². The van der Waals surface area contributed by atoms with Crippen LogP contribution in [0, 0.1) is 34.8 Å². The number of aliphatic hydroxyl groups excluding tert-OH is 1. The van der Waals surface area contributed by atoms with Crippen LogP contribution in [0.1, 0.15) is 123 Å². The van der Waals surface area contributed by atoms with Gasteiger partial charge in [0.25, 0.3) is 0 Å². The van der Waals surface area contributed by atoms with Crippen molar-refractivity contribution in [2.45, 2.75) is 136 Å². The number of nitrogens with one attached hydrogen (secondary N) is 1. The van der Waals surface area contributed by atoms with Gasteiger partial charge in [0.05, 0.1) is 11.5 Å². The minimum Gasteiger partial charge on any atom is -0.391 e. The maximum Gasteiger partial charge on any atom is 0.249 e. The number of hydrogen-bond acceptors (Lipinski definition) is 4. The first kappa shape index (κ1) is 38.2. The van der Waals surface area contributed by atoms with Gasteiger partial charge in [-0.15, -0.1) is 0 Å². The van der Waals surface area contributed by atoms with E-state index in [4.69, 9.17) is 5.73 Å². The van der Waals surface area contributed by atoms with Crippen molar-refractivity contribution in [3.05, 3.63) is 58.7 Å². The van der Waals surface area contributed by atoms with Gasteiger partial charge in [0.2, 0.25) is 11.8 Å². The van der Waals surface area contributed by atoms with Gasteiger partial charge in [-0.05, 0) is 87.8 Å². The summed E-state index contributed by atoms with van der Waals surface area (Å²) in [7, 11) is 0. The molecule has 0 radical (unpaired) electrons. The minimum absolute atomic E-state index is 0.0233. The third-order valence-corrected chi connectivity index (χ3v) is 11.3. The van der Waals surface area contributed by atoms with E-state index in [-0.39, 0.29) is 31.3 Å². The van der Waals surface area contributed by atoms with Gasteiger partial charge in [-0.3, -0.25) is 9.59 Å². The number of amides is 2. The van der Waals surface area contributed by atoms with Crippen molar-refractivity contribution in [3.63, 3.8) is 0 Å². The Bertz CT molecular complexity index is 1240. The number of primary amides is 1. The van der Waals surface area contributed by atoms with Crippen molar-refractivity contribution in [3.8, 4) is 0 Å². The fourth-order valence-electron chi connectivity index (χ4n) is 8.90. The zero-order valence-electron chi connectivity index (χ0n) is 29.8. The molecular formula is C40H61F2N3O3. The summed E-state index contributed by atoms with van der Waals surface area (Å²) in [6, 6.07) is 3.58. The van der Waals surface area contributed by atoms with Gasteiger partial charge in [-0.1, -0.05) is 82.9 Å². The lowest BCUT2D eigenvalue weighted by Gasteiger charge is -2.42. The lowest BCUT2D eigenvalue weighted by Crippen LogP contribution is -2.53. The van der Waals surface area contributed by atoms with Gasteiger partial charge >= 0.3 is 0 Å². The monoisotopic (exact) mass is 669 g/mol. The second kappa shape index (κ2) is 18.4. The lowest BCUT2D eigenvalue weighted by molar-refractivity contribution is -0.132. The number of rotatable bonds is 17. The molecule has 3 aliphatic rings. The summed E-state index contributed by atoms with van der Waals surface area (Å²) in [4.78, 5) is 29.4. The quantitative estimate of drug-likeness (QED) is 0.158. The van der Waals surface area contributed by atoms with E-state index < -0.39 is 35.0 Å². The standard InChI is InChI=1S/C40H61F2N3O3/c1-4-18-45(19-5-2)38(47)32-20-28(3)25-40(26-32,39(43)48)35(23-30-21-33(41)24-34(42)22-30)37(46)27-44-36(31-14-10-7-11-15-31)17-16-29-12-8-6-9-13-29/h20-22,24-25,29,31,35-37,44,46H,4-19,23,26-27H2,1-3H3,(H2,43,48)/t35-,36?,37+,40?/m1/s1. The Morgan fingerprint density at radius 1 is 0.979 bits per heavy atom. The van der Waals surface area contributed by atoms with E-state index in [1.54, 1.807) is 6.08 Å². The summed E-state index contributed by atoms with van der Waals surface area (Å²) < 4.78 is 28.9. The molecule has 1 aromatic rings. The second-order valence-electron chi connectivity index (χ2n) is 15.1. The van der Waals surface area contributed by atoms with Crippen molar-refractivity contribution in [1.82, 2.24) is 10.2 Å². The first-order valence-electron chi connectivity index (χ1n) is 18.9. The molecule has 2 saturated carbocycles. The molecule has 0 bridgehead atoms. The lowest BCUT2D eigenvalue weighted by atomic mass is 9.63. The Morgan fingerprint density at radius 3 is 2.17 bits per heavy atom. The normalized spacial score (nSPS) is 22.8. The fourth-order valence-corrected chi connectivity index (χ4v) is 8.90. The Kier molecular flexibility index (Phi) is 14.7. The number of nitrogens with two attached hydrogens (primary N) is 1. The van der Waals surface area contributed by atoms with Gasteiger partial charge in [0.1, 0.15) is 11.6 Å². The highest BCUT2D eigenvalue weighted by molar-refractivity contribution is 5.97. The molecule has 3 aliphatic carbocycles. The van der Waals surface area contributed by atoms with Crippen molar-refractivity contribution < 1.29 is 23.5 Å². The van der Waals surface area contributed by atoms with Crippen LogP contribution < -0.4 is 11.1 Å². The molecule has 268 valence electrons. The third kappa shape index (κ3) is 10.2. The van der Waals surface area contributed by atoms with Crippen molar-refractivity contribution in [1.29, 1.82) is 0 Å². The number of halogens is 2. The molecule has 2 unspecified atom stereocenters. The molecule has 48 heavy (non-hydrogen) atoms. The molecule has 0 aliphatic heterocycles. The van der Waals surface area contributed by atoms with Gasteiger partial charge in [0.15, 0.2) is 0 Å². The van der Waals surface area contributed by atoms with Crippen LogP contribution in [-0.4, -0.2) is 53.6 Å². The Morgan fingerprint density at radius 2 is 1.58 bits per heavy atom. The van der Waals surface area contributed by atoms with Crippen LogP contribution in [0.3, 0.4) is 0 Å². The zero-order chi connectivity index (χ0) is 34.7. The topological polar surface area (TPSA) is 95.7 Å². The molecule has 4 atom stereocenters. The Balaban J connectivity index is 1.64. The smallest absolute Gasteiger partial charge is 0.249 e. The van der Waals surface area contributed by atoms with Crippen LogP contribution in [0.25, 0.3) is 0 Å². The Labute approximate surface area is 288 Å². The average molecular weight is 670 g/mol. The number of hydrogen-bond donors (Lipinski definition) is 3. The first-order valence-corrected chi connectivity index (χ1v) is 18.9. The first-order chi connectivity index (χ1) is 23.1. The molecule has 0 heterocycles. The second-order valence-corrected chi connectivity index (χ2v) is 15.1. The predicted molar refractivity (Wildman–Crippen MR) is 189 cm³/mol. The van der Waals surface area contributed by atoms with Crippen LogP contribution >= 0.6 is 0 Å². The SMILES string of the molecule is CCCN(CCC)C(=O)C1=CC(C)=CC(C(N)=O)([C@H](Cc2cc(F)cc(F)c2)[C@@H](O)CNC(CCC2CCCCC2)C2CCCCC2)C1. The summed E-state index contributed by atoms with van der Waals surface area (Å²) in [5, 5.41) is 15.9. The Hall–Kier alpha value is -2.58. The number of allylic oxidation sites excluding steroid dienone is 2. The molecule has 0 aromatic heterocycles. The van der Waals surface area contributed by atoms with Crippen LogP contribution in [0.4, 0.5) is 8.78 Å². The van der Waals surface area contributed by atoms with Crippen molar-refractivity contribution in [2.75, 3.05) is 19.6 Å². The molecule has 6 nitrogen and oxygen atoms in total. The van der Waals surface area contributed by atoms with Gasteiger partial charge < -0.3 is 21.1 Å². The highest BCUT2D eigenvalue weighted by atomic mass is 19.1. The van der Waals surface area contributed by atoms with E-state index >= 15 is 0 Å². The highest BCUT2D eigenvalue weighted by Crippen LogP contribution is 2.45. The maximum absolute atomic E-state index is 14.5. The molecule has 0 spiro atoms. The number of carbonyl (C=O) groups excluding carboxylic acids is 2. The van der Waals surface area contributed by atoms with Crippen LogP contribution in [0.15, 0.2) is 41.5 Å². The summed E-state index contributed by atoms with van der Waals surface area (Å²) in [6.45, 7) is 7.30. The molecule has 2 fully saturated rings. The molecule has 2 amide bonds. The minimum atomic E-state index is -1.43. The molecule has 8 heteroatoms. The number of benzene rings is 1. The molecule has 4 rings (SSSR count). The largest absolute Gasteiger partial charge is 0.391 e. The number of aliphatic hydroxyl groups is 1. The van der Waals surface area contributed by atoms with Gasteiger partial charge in [-0.25, -0.2) is 8.78 Å². The number of nitrogens with zero attached hydrogens (tertiary/aromatic N) is 1. The zero-order valence-corrected chi connectivity index (χ0v) is 29.8. The number of carbonyl (C=O) groups is 2. The van der Waals surface area contributed by atoms with E-state index in [1.165, 1.54) is 82.8 Å². The fraction of sp³-hybridized carbons (Fsp3) is 0.700. The summed E-state index contributed by atoms with van der Waals surface area (Å²) in [5.41, 5.74) is 6.35. The average Bonchev–Trinajstić information content (AvgIpc) is 3.06. The summed E-state index contributed by atoms with van der Waals surface area (Å²) in [5.74, 6) is -1.77. The van der Waals surface area contributed by atoms with Crippen molar-refractivity contribution >= 4 is 11.8 Å². The van der Waals surface area contributed by atoms with E-state index in [2.05, 4.69) is 5.32 Å². The van der Waals surface area contributed by atoms with E-state index in [0.29, 0.717) is 35.7 Å². The van der Waals surface area contributed by atoms with Gasteiger partial charge in [-0.2, -0.15) is 0 Å². The third-order valence-electron chi connectivity index (χ3n) is 11.3. The van der Waals surface area contributed by atoms with Crippen LogP contribution in [-0.2, 0) is 16.0 Å². The summed E-state index contributed by atoms with van der Waals surface area (Å²) >= 11 is 0. The maximum atomic E-state index is 14.5. The van der Waals surface area contributed by atoms with E-state index in [1.807, 2.05) is 31.7 Å². The molecule has 1 aromatic carbocycles. The highest BCUT2D eigenvalue weighted by Gasteiger charge is 2.48. The summed E-state index contributed by atoms with van der Waals surface area (Å²) in [6.07, 6.45) is 19.0. The van der Waals surface area contributed by atoms with Crippen molar-refractivity contribution in [2.24, 2.45) is 28.9 Å². The molecule has 0 saturated heterocycles. The molecular weight excluding hydrogens is 608 g/mol. The van der Waals surface area contributed by atoms with E-state index in [0.717, 1.165) is 31.2 Å². The van der Waals surface area contributed by atoms with Gasteiger partial charge in [0, 0.05) is 43.2 Å². The molecule has 4 N–H and O–H groups in total. The predicted octanol–water partition coefficient (Wildman–Crippen LogP) is 7.78. The van der Waals surface area contributed by atoms with Crippen LogP contribution in [0.2, 0.25) is 0 Å². The van der Waals surface area contributed by atoms with Crippen LogP contribution in [0.5, 0.6) is 0 Å².